The first-order valence-electron chi connectivity index (χ1n) is 9.57. The van der Waals surface area contributed by atoms with Crippen LogP contribution in [0.1, 0.15) is 36.2 Å². The summed E-state index contributed by atoms with van der Waals surface area (Å²) in [7, 11) is 0. The monoisotopic (exact) mass is 388 g/mol. The Hall–Kier alpha value is -3.60. The van der Waals surface area contributed by atoms with Crippen molar-refractivity contribution in [3.8, 4) is 0 Å². The number of carbonyl (C=O) groups is 2. The van der Waals surface area contributed by atoms with Gasteiger partial charge in [0.05, 0.1) is 11.3 Å². The maximum Gasteiger partial charge on any atom is 0.337 e. The fourth-order valence-electron chi connectivity index (χ4n) is 3.10. The van der Waals surface area contributed by atoms with Gasteiger partial charge >= 0.3 is 5.97 Å². The molecule has 148 valence electrons. The summed E-state index contributed by atoms with van der Waals surface area (Å²) in [5, 5.41) is 17.6. The zero-order chi connectivity index (χ0) is 20.8. The van der Waals surface area contributed by atoms with Gasteiger partial charge in [-0.15, -0.1) is 0 Å². The molecular formula is C24H24N2O3. The molecule has 3 N–H and O–H groups in total. The zero-order valence-electron chi connectivity index (χ0n) is 16.5. The number of fused-ring (bicyclic) bond motifs is 1. The molecule has 1 amide bonds. The number of nitrogens with one attached hydrogen (secondary N) is 2. The third-order valence-corrected chi connectivity index (χ3v) is 4.64. The molecule has 29 heavy (non-hydrogen) atoms. The van der Waals surface area contributed by atoms with E-state index in [1.807, 2.05) is 56.3 Å². The normalized spacial score (nSPS) is 11.3. The Bertz CT molecular complexity index is 1090. The number of amides is 1. The summed E-state index contributed by atoms with van der Waals surface area (Å²) in [4.78, 5) is 24.1. The Morgan fingerprint density at radius 2 is 1.76 bits per heavy atom. The SMILES string of the molecule is CCCNc1ccc(C(=O)O)c(NC(=O)C=C(C)c2ccc3ccccc3c2)c1. The molecule has 0 aliphatic heterocycles. The Kier molecular flexibility index (Phi) is 6.29. The summed E-state index contributed by atoms with van der Waals surface area (Å²) in [6.07, 6.45) is 2.43. The summed E-state index contributed by atoms with van der Waals surface area (Å²) in [5.41, 5.74) is 2.83. The molecule has 5 heteroatoms. The smallest absolute Gasteiger partial charge is 0.337 e. The van der Waals surface area contributed by atoms with E-state index in [-0.39, 0.29) is 17.2 Å². The van der Waals surface area contributed by atoms with E-state index >= 15 is 0 Å². The minimum atomic E-state index is -1.09. The van der Waals surface area contributed by atoms with E-state index < -0.39 is 5.97 Å². The molecule has 0 fully saturated rings. The van der Waals surface area contributed by atoms with Gasteiger partial charge in [-0.1, -0.05) is 43.3 Å². The highest BCUT2D eigenvalue weighted by molar-refractivity contribution is 6.08. The minimum absolute atomic E-state index is 0.0529. The summed E-state index contributed by atoms with van der Waals surface area (Å²) in [6, 6.07) is 18.9. The van der Waals surface area contributed by atoms with Crippen molar-refractivity contribution in [1.82, 2.24) is 0 Å². The summed E-state index contributed by atoms with van der Waals surface area (Å²) in [5.74, 6) is -1.46. The Morgan fingerprint density at radius 3 is 2.48 bits per heavy atom. The molecule has 0 aliphatic rings. The van der Waals surface area contributed by atoms with Crippen LogP contribution in [0.15, 0.2) is 66.7 Å². The lowest BCUT2D eigenvalue weighted by atomic mass is 10.0. The number of rotatable bonds is 7. The molecule has 0 unspecified atom stereocenters. The van der Waals surface area contributed by atoms with Crippen LogP contribution in [0.25, 0.3) is 16.3 Å². The van der Waals surface area contributed by atoms with Crippen LogP contribution in [0.4, 0.5) is 11.4 Å². The third-order valence-electron chi connectivity index (χ3n) is 4.64. The number of carboxylic acids is 1. The number of hydrogen-bond acceptors (Lipinski definition) is 3. The van der Waals surface area contributed by atoms with Crippen molar-refractivity contribution in [3.05, 3.63) is 77.9 Å². The highest BCUT2D eigenvalue weighted by atomic mass is 16.4. The maximum absolute atomic E-state index is 12.6. The zero-order valence-corrected chi connectivity index (χ0v) is 16.5. The predicted molar refractivity (Wildman–Crippen MR) is 118 cm³/mol. The van der Waals surface area contributed by atoms with Crippen LogP contribution in [-0.2, 0) is 4.79 Å². The minimum Gasteiger partial charge on any atom is -0.478 e. The van der Waals surface area contributed by atoms with Crippen LogP contribution in [0.2, 0.25) is 0 Å². The van der Waals surface area contributed by atoms with Gasteiger partial charge in [0.1, 0.15) is 0 Å². The van der Waals surface area contributed by atoms with Crippen molar-refractivity contribution < 1.29 is 14.7 Å². The second-order valence-electron chi connectivity index (χ2n) is 6.87. The molecule has 0 aliphatic carbocycles. The molecule has 3 rings (SSSR count). The quantitative estimate of drug-likeness (QED) is 0.473. The fraction of sp³-hybridized carbons (Fsp3) is 0.167. The topological polar surface area (TPSA) is 78.4 Å². The largest absolute Gasteiger partial charge is 0.478 e. The summed E-state index contributed by atoms with van der Waals surface area (Å²) >= 11 is 0. The lowest BCUT2D eigenvalue weighted by Crippen LogP contribution is -2.13. The van der Waals surface area contributed by atoms with Gasteiger partial charge in [0, 0.05) is 18.3 Å². The van der Waals surface area contributed by atoms with E-state index in [2.05, 4.69) is 10.6 Å². The van der Waals surface area contributed by atoms with Gasteiger partial charge < -0.3 is 15.7 Å². The molecular weight excluding hydrogens is 364 g/mol. The number of carbonyl (C=O) groups excluding carboxylic acids is 1. The van der Waals surface area contributed by atoms with E-state index in [0.717, 1.165) is 40.6 Å². The summed E-state index contributed by atoms with van der Waals surface area (Å²) < 4.78 is 0. The number of carboxylic acid groups (broad SMARTS) is 1. The number of allylic oxidation sites excluding steroid dienone is 1. The van der Waals surface area contributed by atoms with Gasteiger partial charge in [-0.25, -0.2) is 4.79 Å². The molecule has 0 saturated heterocycles. The molecule has 0 aromatic heterocycles. The Morgan fingerprint density at radius 1 is 1.00 bits per heavy atom. The first-order valence-corrected chi connectivity index (χ1v) is 9.57. The van der Waals surface area contributed by atoms with Crippen LogP contribution >= 0.6 is 0 Å². The van der Waals surface area contributed by atoms with Gasteiger partial charge in [-0.3, -0.25) is 4.79 Å². The van der Waals surface area contributed by atoms with Crippen LogP contribution in [0.3, 0.4) is 0 Å². The van der Waals surface area contributed by atoms with Crippen LogP contribution in [0, 0.1) is 0 Å². The summed E-state index contributed by atoms with van der Waals surface area (Å²) in [6.45, 7) is 4.67. The number of benzene rings is 3. The van der Waals surface area contributed by atoms with Crippen molar-refractivity contribution in [2.45, 2.75) is 20.3 Å². The van der Waals surface area contributed by atoms with Gasteiger partial charge in [-0.2, -0.15) is 0 Å². The van der Waals surface area contributed by atoms with E-state index in [1.54, 1.807) is 12.1 Å². The average Bonchev–Trinajstić information content (AvgIpc) is 2.71. The Labute approximate surface area is 170 Å². The van der Waals surface area contributed by atoms with Crippen LogP contribution < -0.4 is 10.6 Å². The van der Waals surface area contributed by atoms with Crippen LogP contribution in [-0.4, -0.2) is 23.5 Å². The van der Waals surface area contributed by atoms with Gasteiger partial charge in [0.25, 0.3) is 0 Å². The second kappa shape index (κ2) is 9.06. The first-order chi connectivity index (χ1) is 14.0. The molecule has 3 aromatic rings. The number of anilines is 2. The van der Waals surface area contributed by atoms with E-state index in [9.17, 15) is 14.7 Å². The van der Waals surface area contributed by atoms with Crippen molar-refractivity contribution in [1.29, 1.82) is 0 Å². The number of aromatic carboxylic acids is 1. The lowest BCUT2D eigenvalue weighted by molar-refractivity contribution is -0.111. The fourth-order valence-corrected chi connectivity index (χ4v) is 3.10. The van der Waals surface area contributed by atoms with E-state index in [1.165, 1.54) is 12.1 Å². The van der Waals surface area contributed by atoms with Crippen LogP contribution in [0.5, 0.6) is 0 Å². The second-order valence-corrected chi connectivity index (χ2v) is 6.87. The molecule has 0 heterocycles. The third kappa shape index (κ3) is 5.02. The van der Waals surface area contributed by atoms with Gasteiger partial charge in [-0.05, 0) is 59.5 Å². The maximum atomic E-state index is 12.6. The molecule has 0 radical (unpaired) electrons. The standard InChI is InChI=1S/C24H24N2O3/c1-3-12-25-20-10-11-21(24(28)29)22(15-20)26-23(27)13-16(2)18-9-8-17-6-4-5-7-19(17)14-18/h4-11,13-15,25H,3,12H2,1-2H3,(H,26,27)(H,28,29). The molecule has 5 nitrogen and oxygen atoms in total. The molecule has 0 atom stereocenters. The molecule has 0 spiro atoms. The predicted octanol–water partition coefficient (Wildman–Crippen LogP) is 5.40. The van der Waals surface area contributed by atoms with E-state index in [4.69, 9.17) is 0 Å². The first kappa shape index (κ1) is 20.1. The van der Waals surface area contributed by atoms with Crippen molar-refractivity contribution in [3.63, 3.8) is 0 Å². The lowest BCUT2D eigenvalue weighted by Gasteiger charge is -2.11. The number of hydrogen-bond donors (Lipinski definition) is 3. The Balaban J connectivity index is 1.83. The van der Waals surface area contributed by atoms with Gasteiger partial charge in [0.15, 0.2) is 0 Å². The van der Waals surface area contributed by atoms with E-state index in [0.29, 0.717) is 0 Å². The molecule has 3 aromatic carbocycles. The van der Waals surface area contributed by atoms with Crippen molar-refractivity contribution in [2.24, 2.45) is 0 Å². The average molecular weight is 388 g/mol. The van der Waals surface area contributed by atoms with Crippen molar-refractivity contribution in [2.75, 3.05) is 17.2 Å². The molecule has 0 saturated carbocycles. The van der Waals surface area contributed by atoms with Gasteiger partial charge in [0.2, 0.25) is 5.91 Å². The van der Waals surface area contributed by atoms with Crippen molar-refractivity contribution >= 4 is 39.6 Å². The molecule has 0 bridgehead atoms. The highest BCUT2D eigenvalue weighted by Gasteiger charge is 2.13. The highest BCUT2D eigenvalue weighted by Crippen LogP contribution is 2.23.